The van der Waals surface area contributed by atoms with Crippen LogP contribution in [0.25, 0.3) is 21.3 Å². The van der Waals surface area contributed by atoms with Gasteiger partial charge in [-0.05, 0) is 18.9 Å². The van der Waals surface area contributed by atoms with Gasteiger partial charge in [0.25, 0.3) is 0 Å². The molecule has 0 bridgehead atoms. The summed E-state index contributed by atoms with van der Waals surface area (Å²) in [5.74, 6) is 0.927. The first-order valence-corrected chi connectivity index (χ1v) is 11.3. The number of thiophene rings is 1. The predicted molar refractivity (Wildman–Crippen MR) is 126 cm³/mol. The van der Waals surface area contributed by atoms with Gasteiger partial charge in [-0.2, -0.15) is 0 Å². The number of hydrogen-bond donors (Lipinski definition) is 1. The lowest BCUT2D eigenvalue weighted by Gasteiger charge is -2.22. The Morgan fingerprint density at radius 2 is 1.81 bits per heavy atom. The van der Waals surface area contributed by atoms with Crippen molar-refractivity contribution in [1.82, 2.24) is 14.9 Å². The van der Waals surface area contributed by atoms with Crippen molar-refractivity contribution >= 4 is 33.3 Å². The van der Waals surface area contributed by atoms with Crippen molar-refractivity contribution < 1.29 is 14.3 Å². The van der Waals surface area contributed by atoms with E-state index < -0.39 is 0 Å². The molecular weight excluding hydrogens is 412 g/mol. The lowest BCUT2D eigenvalue weighted by atomic mass is 10.0. The highest BCUT2D eigenvalue weighted by Gasteiger charge is 2.17. The molecule has 31 heavy (non-hydrogen) atoms. The van der Waals surface area contributed by atoms with E-state index in [2.05, 4.69) is 34.3 Å². The second-order valence-corrected chi connectivity index (χ2v) is 8.40. The number of nitrogens with one attached hydrogen (secondary N) is 1. The molecule has 8 heteroatoms. The maximum atomic E-state index is 12.6. The maximum Gasteiger partial charge on any atom is 0.222 e. The maximum absolute atomic E-state index is 12.6. The van der Waals surface area contributed by atoms with Gasteiger partial charge in [0.15, 0.2) is 0 Å². The summed E-state index contributed by atoms with van der Waals surface area (Å²) in [5.41, 5.74) is 2.33. The van der Waals surface area contributed by atoms with E-state index in [0.29, 0.717) is 45.7 Å². The Labute approximate surface area is 187 Å². The number of benzene rings is 1. The van der Waals surface area contributed by atoms with Crippen molar-refractivity contribution in [1.29, 1.82) is 0 Å². The fourth-order valence-electron chi connectivity index (χ4n) is 3.50. The Balaban J connectivity index is 1.66. The number of carbonyl (C=O) groups is 1. The van der Waals surface area contributed by atoms with Crippen molar-refractivity contribution in [2.24, 2.45) is 0 Å². The fourth-order valence-corrected chi connectivity index (χ4v) is 4.51. The minimum absolute atomic E-state index is 0.111. The van der Waals surface area contributed by atoms with Crippen molar-refractivity contribution in [3.63, 3.8) is 0 Å². The van der Waals surface area contributed by atoms with Gasteiger partial charge in [0.1, 0.15) is 17.0 Å². The Kier molecular flexibility index (Phi) is 8.75. The van der Waals surface area contributed by atoms with Crippen LogP contribution in [-0.2, 0) is 14.3 Å². The summed E-state index contributed by atoms with van der Waals surface area (Å²) in [6, 6.07) is 10.3. The minimum atomic E-state index is 0.111. The Morgan fingerprint density at radius 1 is 1.10 bits per heavy atom. The van der Waals surface area contributed by atoms with Gasteiger partial charge in [0, 0.05) is 50.7 Å². The van der Waals surface area contributed by atoms with Crippen LogP contribution in [0.2, 0.25) is 0 Å². The van der Waals surface area contributed by atoms with E-state index in [0.717, 1.165) is 21.6 Å². The second kappa shape index (κ2) is 11.7. The molecule has 0 aliphatic heterocycles. The van der Waals surface area contributed by atoms with Gasteiger partial charge in [0.2, 0.25) is 5.91 Å². The zero-order chi connectivity index (χ0) is 22.1. The van der Waals surface area contributed by atoms with E-state index in [1.54, 1.807) is 36.8 Å². The zero-order valence-electron chi connectivity index (χ0n) is 18.4. The van der Waals surface area contributed by atoms with Crippen molar-refractivity contribution in [3.05, 3.63) is 41.5 Å². The second-order valence-electron chi connectivity index (χ2n) is 7.20. The summed E-state index contributed by atoms with van der Waals surface area (Å²) in [4.78, 5) is 25.5. The number of hydrogen-bond acceptors (Lipinski definition) is 7. The predicted octanol–water partition coefficient (Wildman–Crippen LogP) is 3.98. The van der Waals surface area contributed by atoms with Crippen LogP contribution in [0.3, 0.4) is 0 Å². The van der Waals surface area contributed by atoms with Crippen LogP contribution >= 0.6 is 11.3 Å². The van der Waals surface area contributed by atoms with Crippen LogP contribution in [0.4, 0.5) is 5.82 Å². The Morgan fingerprint density at radius 3 is 2.48 bits per heavy atom. The molecule has 1 N–H and O–H groups in total. The summed E-state index contributed by atoms with van der Waals surface area (Å²) in [6.07, 6.45) is 2.77. The van der Waals surface area contributed by atoms with Crippen LogP contribution in [0.1, 0.15) is 17.7 Å². The van der Waals surface area contributed by atoms with E-state index in [1.807, 2.05) is 18.2 Å². The first kappa shape index (κ1) is 23.1. The molecule has 0 aliphatic carbocycles. The smallest absolute Gasteiger partial charge is 0.222 e. The van der Waals surface area contributed by atoms with Gasteiger partial charge < -0.3 is 19.7 Å². The van der Waals surface area contributed by atoms with Crippen LogP contribution in [0.15, 0.2) is 36.7 Å². The summed E-state index contributed by atoms with van der Waals surface area (Å²) < 4.78 is 10.2. The van der Waals surface area contributed by atoms with Crippen LogP contribution in [-0.4, -0.2) is 67.8 Å². The van der Waals surface area contributed by atoms with Gasteiger partial charge >= 0.3 is 0 Å². The van der Waals surface area contributed by atoms with Gasteiger partial charge in [-0.1, -0.05) is 30.3 Å². The molecule has 0 saturated heterocycles. The Hall–Kier alpha value is -2.55. The van der Waals surface area contributed by atoms with Crippen molar-refractivity contribution in [2.45, 2.75) is 19.8 Å². The molecular formula is C23H30N4O3S. The van der Waals surface area contributed by atoms with E-state index in [-0.39, 0.29) is 5.91 Å². The number of ether oxygens (including phenoxy) is 2. The van der Waals surface area contributed by atoms with Gasteiger partial charge in [-0.25, -0.2) is 9.97 Å². The molecule has 166 valence electrons. The topological polar surface area (TPSA) is 76.6 Å². The highest BCUT2D eigenvalue weighted by atomic mass is 32.1. The molecule has 0 atom stereocenters. The molecule has 0 fully saturated rings. The van der Waals surface area contributed by atoms with Gasteiger partial charge in [-0.3, -0.25) is 4.79 Å². The van der Waals surface area contributed by atoms with Crippen LogP contribution < -0.4 is 5.32 Å². The largest absolute Gasteiger partial charge is 0.383 e. The van der Waals surface area contributed by atoms with E-state index in [9.17, 15) is 4.79 Å². The quantitative estimate of drug-likeness (QED) is 0.428. The number of methoxy groups -OCH3 is 2. The standard InChI is InChI=1S/C23H30N4O3S/c1-17-20(18-8-5-4-6-9-18)21-22(25-16-26-23(21)31-17)24-11-7-10-19(28)27(12-14-29-2)13-15-30-3/h4-6,8-9,16H,7,10-15H2,1-3H3,(H,24,25,26). The highest BCUT2D eigenvalue weighted by molar-refractivity contribution is 7.19. The number of aromatic nitrogens is 2. The summed E-state index contributed by atoms with van der Waals surface area (Å²) in [7, 11) is 3.28. The molecule has 1 amide bonds. The molecule has 7 nitrogen and oxygen atoms in total. The summed E-state index contributed by atoms with van der Waals surface area (Å²) in [5, 5.41) is 4.47. The molecule has 0 saturated carbocycles. The normalized spacial score (nSPS) is 11.1. The molecule has 0 spiro atoms. The molecule has 0 aliphatic rings. The van der Waals surface area contributed by atoms with Gasteiger partial charge in [0.05, 0.1) is 18.6 Å². The lowest BCUT2D eigenvalue weighted by Crippen LogP contribution is -2.36. The molecule has 2 heterocycles. The minimum Gasteiger partial charge on any atom is -0.383 e. The third kappa shape index (κ3) is 6.00. The molecule has 3 aromatic rings. The van der Waals surface area contributed by atoms with E-state index >= 15 is 0 Å². The number of anilines is 1. The third-order valence-corrected chi connectivity index (χ3v) is 6.08. The Bertz CT molecular complexity index is 970. The molecule has 2 aromatic heterocycles. The first-order chi connectivity index (χ1) is 15.2. The van der Waals surface area contributed by atoms with Gasteiger partial charge in [-0.15, -0.1) is 11.3 Å². The van der Waals surface area contributed by atoms with Crippen molar-refractivity contribution in [2.75, 3.05) is 52.4 Å². The summed E-state index contributed by atoms with van der Waals surface area (Å²) in [6.45, 7) is 4.97. The average Bonchev–Trinajstić information content (AvgIpc) is 3.13. The number of aryl methyl sites for hydroxylation is 1. The third-order valence-electron chi connectivity index (χ3n) is 5.07. The first-order valence-electron chi connectivity index (χ1n) is 10.4. The fraction of sp³-hybridized carbons (Fsp3) is 0.435. The molecule has 0 unspecified atom stereocenters. The monoisotopic (exact) mass is 442 g/mol. The highest BCUT2D eigenvalue weighted by Crippen LogP contribution is 2.40. The van der Waals surface area contributed by atoms with Crippen LogP contribution in [0.5, 0.6) is 0 Å². The molecule has 0 radical (unpaired) electrons. The van der Waals surface area contributed by atoms with Crippen LogP contribution in [0, 0.1) is 6.92 Å². The summed E-state index contributed by atoms with van der Waals surface area (Å²) >= 11 is 1.68. The zero-order valence-corrected chi connectivity index (χ0v) is 19.2. The average molecular weight is 443 g/mol. The van der Waals surface area contributed by atoms with E-state index in [1.165, 1.54) is 10.4 Å². The number of carbonyl (C=O) groups excluding carboxylic acids is 1. The number of amides is 1. The number of rotatable bonds is 12. The molecule has 3 rings (SSSR count). The van der Waals surface area contributed by atoms with E-state index in [4.69, 9.17) is 9.47 Å². The SMILES string of the molecule is COCCN(CCOC)C(=O)CCCNc1ncnc2sc(C)c(-c3ccccc3)c12. The lowest BCUT2D eigenvalue weighted by molar-refractivity contribution is -0.132. The number of fused-ring (bicyclic) bond motifs is 1. The number of nitrogens with zero attached hydrogens (tertiary/aromatic N) is 3. The molecule has 1 aromatic carbocycles. The van der Waals surface area contributed by atoms with Crippen molar-refractivity contribution in [3.8, 4) is 11.1 Å².